The molecule has 0 saturated carbocycles. The second-order valence-corrected chi connectivity index (χ2v) is 4.80. The van der Waals surface area contributed by atoms with Gasteiger partial charge in [-0.25, -0.2) is 0 Å². The predicted octanol–water partition coefficient (Wildman–Crippen LogP) is 3.37. The summed E-state index contributed by atoms with van der Waals surface area (Å²) in [5, 5.41) is 0. The first kappa shape index (κ1) is 13.0. The van der Waals surface area contributed by atoms with Crippen LogP contribution in [0.4, 0.5) is 0 Å². The summed E-state index contributed by atoms with van der Waals surface area (Å²) >= 11 is 0.569. The topological polar surface area (TPSA) is 30.0 Å². The molecule has 0 amide bonds. The molecular formula is C10H11Cl2NNiO. The number of nitrogens with zero attached hydrogens (tertiary/aromatic N) is 1. The summed E-state index contributed by atoms with van der Waals surface area (Å²) in [6.07, 6.45) is 5.52. The van der Waals surface area contributed by atoms with Gasteiger partial charge in [-0.1, -0.05) is 0 Å². The normalized spacial score (nSPS) is 14.9. The van der Waals surface area contributed by atoms with Gasteiger partial charge in [-0.3, -0.25) is 9.78 Å². The second kappa shape index (κ2) is 7.21. The first-order valence-electron chi connectivity index (χ1n) is 4.59. The van der Waals surface area contributed by atoms with Crippen molar-refractivity contribution in [1.29, 1.82) is 0 Å². The molecule has 0 aromatic carbocycles. The molecule has 1 aromatic heterocycles. The van der Waals surface area contributed by atoms with Gasteiger partial charge >= 0.3 is 33.0 Å². The van der Waals surface area contributed by atoms with E-state index in [4.69, 9.17) is 20.4 Å². The van der Waals surface area contributed by atoms with E-state index in [0.29, 0.717) is 19.1 Å². The summed E-state index contributed by atoms with van der Waals surface area (Å²) in [6, 6.07) is 3.72. The van der Waals surface area contributed by atoms with Crippen LogP contribution in [-0.4, -0.2) is 10.8 Å². The van der Waals surface area contributed by atoms with Crippen molar-refractivity contribution in [3.63, 3.8) is 0 Å². The minimum atomic E-state index is 0.260. The zero-order valence-corrected chi connectivity index (χ0v) is 10.5. The molecule has 2 nitrogen and oxygen atoms in total. The van der Waals surface area contributed by atoms with Crippen molar-refractivity contribution in [3.8, 4) is 0 Å². The van der Waals surface area contributed by atoms with Crippen molar-refractivity contribution >= 4 is 26.2 Å². The molecule has 0 radical (unpaired) electrons. The van der Waals surface area contributed by atoms with Crippen molar-refractivity contribution in [2.45, 2.75) is 25.7 Å². The van der Waals surface area contributed by atoms with Gasteiger partial charge in [-0.15, -0.1) is 0 Å². The Hall–Kier alpha value is -0.106. The Kier molecular flexibility index (Phi) is 6.23. The Bertz CT molecular complexity index is 333. The summed E-state index contributed by atoms with van der Waals surface area (Å²) in [6.45, 7) is 0. The third-order valence-electron chi connectivity index (χ3n) is 2.26. The molecule has 1 aliphatic carbocycles. The molecule has 86 valence electrons. The fraction of sp³-hybridized carbons (Fsp3) is 0.400. The maximum absolute atomic E-state index is 11.5. The first-order valence-corrected chi connectivity index (χ1v) is 7.31. The molecular weight excluding hydrogens is 280 g/mol. The van der Waals surface area contributed by atoms with Crippen LogP contribution in [0.15, 0.2) is 18.3 Å². The van der Waals surface area contributed by atoms with Crippen LogP contribution in [0.1, 0.15) is 35.3 Å². The number of ketones is 1. The van der Waals surface area contributed by atoms with Crippen LogP contribution in [0, 0.1) is 0 Å². The monoisotopic (exact) mass is 289 g/mol. The Balaban J connectivity index is 0.000000337. The number of carbonyl (C=O) groups excluding carboxylic acids is 1. The van der Waals surface area contributed by atoms with Crippen LogP contribution in [0.3, 0.4) is 0 Å². The van der Waals surface area contributed by atoms with Gasteiger partial charge in [0.25, 0.3) is 0 Å². The molecule has 1 heterocycles. The van der Waals surface area contributed by atoms with Crippen molar-refractivity contribution < 1.29 is 17.4 Å². The van der Waals surface area contributed by atoms with Gasteiger partial charge in [0.1, 0.15) is 0 Å². The second-order valence-electron chi connectivity index (χ2n) is 3.17. The SMILES string of the molecule is O=C1CCCCc2ncccc21.[Cl][Ni][Cl]. The summed E-state index contributed by atoms with van der Waals surface area (Å²) in [5.74, 6) is 0.260. The van der Waals surface area contributed by atoms with Gasteiger partial charge < -0.3 is 0 Å². The standard InChI is InChI=1S/C10H11NO.2ClH.Ni/c12-10-6-2-1-5-9-8(10)4-3-7-11-9;;;/h3-4,7H,1-2,5-6H2;2*1H;/q;;;+2/p-2. The number of pyridine rings is 1. The number of hydrogen-bond donors (Lipinski definition) is 0. The van der Waals surface area contributed by atoms with E-state index in [1.165, 1.54) is 0 Å². The summed E-state index contributed by atoms with van der Waals surface area (Å²) in [7, 11) is 9.40. The number of hydrogen-bond acceptors (Lipinski definition) is 2. The van der Waals surface area contributed by atoms with E-state index in [1.807, 2.05) is 12.1 Å². The third kappa shape index (κ3) is 4.10. The average molecular weight is 291 g/mol. The van der Waals surface area contributed by atoms with Crippen molar-refractivity contribution in [3.05, 3.63) is 29.6 Å². The predicted molar refractivity (Wildman–Crippen MR) is 57.8 cm³/mol. The van der Waals surface area contributed by atoms with Crippen LogP contribution in [-0.2, 0) is 19.1 Å². The number of carbonyl (C=O) groups is 1. The average Bonchev–Trinajstić information content (AvgIpc) is 2.43. The van der Waals surface area contributed by atoms with Gasteiger partial charge in [-0.2, -0.15) is 0 Å². The maximum atomic E-state index is 11.5. The molecule has 1 aromatic rings. The van der Waals surface area contributed by atoms with Gasteiger partial charge in [0.2, 0.25) is 0 Å². The molecule has 1 aliphatic rings. The van der Waals surface area contributed by atoms with E-state index in [2.05, 4.69) is 4.98 Å². The van der Waals surface area contributed by atoms with Gasteiger partial charge in [-0.05, 0) is 31.4 Å². The number of halogens is 2. The Morgan fingerprint density at radius 3 is 2.67 bits per heavy atom. The van der Waals surface area contributed by atoms with E-state index < -0.39 is 0 Å². The number of rotatable bonds is 0. The molecule has 5 heteroatoms. The molecule has 2 rings (SSSR count). The summed E-state index contributed by atoms with van der Waals surface area (Å²) in [4.78, 5) is 15.7. The molecule has 0 unspecified atom stereocenters. The number of fused-ring (bicyclic) bond motifs is 1. The van der Waals surface area contributed by atoms with Gasteiger partial charge in [0.15, 0.2) is 5.78 Å². The fourth-order valence-corrected chi connectivity index (χ4v) is 1.60. The van der Waals surface area contributed by atoms with E-state index in [1.54, 1.807) is 6.20 Å². The van der Waals surface area contributed by atoms with Crippen molar-refractivity contribution in [1.82, 2.24) is 4.98 Å². The van der Waals surface area contributed by atoms with Crippen molar-refractivity contribution in [2.24, 2.45) is 0 Å². The van der Waals surface area contributed by atoms with Crippen LogP contribution in [0.5, 0.6) is 0 Å². The van der Waals surface area contributed by atoms with Gasteiger partial charge in [0, 0.05) is 18.2 Å². The van der Waals surface area contributed by atoms with Gasteiger partial charge in [0.05, 0.1) is 5.69 Å². The van der Waals surface area contributed by atoms with E-state index in [0.717, 1.165) is 30.5 Å². The molecule has 0 saturated heterocycles. The molecule has 0 N–H and O–H groups in total. The van der Waals surface area contributed by atoms with Crippen LogP contribution < -0.4 is 0 Å². The molecule has 0 spiro atoms. The fourth-order valence-electron chi connectivity index (χ4n) is 1.60. The Morgan fingerprint density at radius 1 is 1.27 bits per heavy atom. The van der Waals surface area contributed by atoms with Crippen LogP contribution >= 0.6 is 20.4 Å². The Morgan fingerprint density at radius 2 is 1.93 bits per heavy atom. The Labute approximate surface area is 104 Å². The van der Waals surface area contributed by atoms with Crippen LogP contribution in [0.2, 0.25) is 0 Å². The molecule has 15 heavy (non-hydrogen) atoms. The van der Waals surface area contributed by atoms with E-state index in [-0.39, 0.29) is 5.78 Å². The molecule has 0 bridgehead atoms. The third-order valence-corrected chi connectivity index (χ3v) is 2.26. The zero-order valence-electron chi connectivity index (χ0n) is 7.99. The number of aromatic nitrogens is 1. The number of aryl methyl sites for hydroxylation is 1. The van der Waals surface area contributed by atoms with Crippen molar-refractivity contribution in [2.75, 3.05) is 0 Å². The van der Waals surface area contributed by atoms with Crippen LogP contribution in [0.25, 0.3) is 0 Å². The number of Topliss-reactive ketones (excluding diaryl/α,β-unsaturated/α-hetero) is 1. The molecule has 0 atom stereocenters. The quantitative estimate of drug-likeness (QED) is 0.542. The van der Waals surface area contributed by atoms with E-state index >= 15 is 0 Å². The summed E-state index contributed by atoms with van der Waals surface area (Å²) in [5.41, 5.74) is 1.83. The summed E-state index contributed by atoms with van der Waals surface area (Å²) < 4.78 is 0. The first-order chi connectivity index (χ1) is 7.29. The molecule has 0 fully saturated rings. The van der Waals surface area contributed by atoms with E-state index in [9.17, 15) is 4.79 Å². The zero-order chi connectivity index (χ0) is 11.1. The minimum absolute atomic E-state index is 0.260. The molecule has 0 aliphatic heterocycles.